The average molecular weight is 374 g/mol. The topological polar surface area (TPSA) is 45.7 Å². The molecule has 0 spiro atoms. The first-order chi connectivity index (χ1) is 12.7. The maximum absolute atomic E-state index is 12.4. The summed E-state index contributed by atoms with van der Waals surface area (Å²) < 4.78 is 5.74. The van der Waals surface area contributed by atoms with Crippen molar-refractivity contribution in [1.29, 1.82) is 0 Å². The molecule has 138 valence electrons. The number of carbonyl (C=O) groups is 1. The molecule has 3 rings (SSSR count). The van der Waals surface area contributed by atoms with Gasteiger partial charge in [-0.2, -0.15) is 0 Å². The van der Waals surface area contributed by atoms with Crippen LogP contribution in [0.5, 0.6) is 5.75 Å². The van der Waals surface area contributed by atoms with Gasteiger partial charge in [-0.25, -0.2) is 0 Å². The van der Waals surface area contributed by atoms with E-state index in [2.05, 4.69) is 9.88 Å². The molecule has 0 atom stereocenters. The molecule has 0 N–H and O–H groups in total. The van der Waals surface area contributed by atoms with E-state index in [1.807, 2.05) is 47.5 Å². The Morgan fingerprint density at radius 2 is 1.92 bits per heavy atom. The third-order valence-corrected chi connectivity index (χ3v) is 4.89. The van der Waals surface area contributed by atoms with E-state index in [1.54, 1.807) is 6.20 Å². The molecule has 2 heterocycles. The van der Waals surface area contributed by atoms with E-state index in [-0.39, 0.29) is 5.91 Å². The third-order valence-electron chi connectivity index (χ3n) is 4.58. The summed E-state index contributed by atoms with van der Waals surface area (Å²) >= 11 is 6.09. The van der Waals surface area contributed by atoms with Gasteiger partial charge in [-0.05, 0) is 30.2 Å². The number of nitrogens with zero attached hydrogens (tertiary/aromatic N) is 3. The molecule has 0 bridgehead atoms. The van der Waals surface area contributed by atoms with Crippen LogP contribution in [0.4, 0.5) is 0 Å². The number of aromatic nitrogens is 1. The molecule has 0 saturated carbocycles. The predicted molar refractivity (Wildman–Crippen MR) is 103 cm³/mol. The smallest absolute Gasteiger partial charge is 0.222 e. The number of pyridine rings is 1. The molecule has 1 fully saturated rings. The minimum absolute atomic E-state index is 0.223. The first-order valence-corrected chi connectivity index (χ1v) is 9.36. The fourth-order valence-corrected chi connectivity index (χ4v) is 3.21. The summed E-state index contributed by atoms with van der Waals surface area (Å²) in [7, 11) is 0. The summed E-state index contributed by atoms with van der Waals surface area (Å²) in [5, 5.41) is 0.636. The lowest BCUT2D eigenvalue weighted by molar-refractivity contribution is -0.132. The average Bonchev–Trinajstić information content (AvgIpc) is 2.69. The van der Waals surface area contributed by atoms with Crippen molar-refractivity contribution in [2.24, 2.45) is 0 Å². The van der Waals surface area contributed by atoms with Gasteiger partial charge in [-0.3, -0.25) is 14.7 Å². The number of ether oxygens (including phenoxy) is 1. The van der Waals surface area contributed by atoms with Gasteiger partial charge < -0.3 is 9.64 Å². The highest BCUT2D eigenvalue weighted by molar-refractivity contribution is 6.32. The second-order valence-electron chi connectivity index (χ2n) is 6.36. The monoisotopic (exact) mass is 373 g/mol. The number of aryl methyl sites for hydroxylation is 1. The Labute approximate surface area is 159 Å². The van der Waals surface area contributed by atoms with E-state index in [4.69, 9.17) is 16.3 Å². The first-order valence-electron chi connectivity index (χ1n) is 8.99. The van der Waals surface area contributed by atoms with Crippen LogP contribution >= 0.6 is 11.6 Å². The van der Waals surface area contributed by atoms with E-state index in [1.165, 1.54) is 0 Å². The number of rotatable bonds is 7. The Bertz CT molecular complexity index is 703. The molecule has 6 heteroatoms. The molecular weight excluding hydrogens is 350 g/mol. The third kappa shape index (κ3) is 5.44. The Hall–Kier alpha value is -2.11. The summed E-state index contributed by atoms with van der Waals surface area (Å²) in [5.41, 5.74) is 1.11. The Balaban J connectivity index is 1.34. The quantitative estimate of drug-likeness (QED) is 0.748. The van der Waals surface area contributed by atoms with Crippen molar-refractivity contribution in [1.82, 2.24) is 14.8 Å². The molecule has 0 aliphatic carbocycles. The number of halogens is 1. The van der Waals surface area contributed by atoms with Crippen LogP contribution < -0.4 is 4.74 Å². The molecule has 0 radical (unpaired) electrons. The van der Waals surface area contributed by atoms with Crippen molar-refractivity contribution in [3.05, 3.63) is 59.4 Å². The van der Waals surface area contributed by atoms with Crippen molar-refractivity contribution in [2.45, 2.75) is 12.8 Å². The predicted octanol–water partition coefficient (Wildman–Crippen LogP) is 2.89. The normalized spacial score (nSPS) is 15.0. The lowest BCUT2D eigenvalue weighted by atomic mass is 10.1. The van der Waals surface area contributed by atoms with E-state index < -0.39 is 0 Å². The van der Waals surface area contributed by atoms with E-state index >= 15 is 0 Å². The molecule has 1 aromatic heterocycles. The number of para-hydroxylation sites is 1. The Kier molecular flexibility index (Phi) is 6.86. The second kappa shape index (κ2) is 9.55. The Morgan fingerprint density at radius 3 is 2.65 bits per heavy atom. The number of hydrogen-bond donors (Lipinski definition) is 0. The zero-order chi connectivity index (χ0) is 18.2. The molecule has 5 nitrogen and oxygen atoms in total. The van der Waals surface area contributed by atoms with Crippen LogP contribution in [-0.2, 0) is 11.2 Å². The summed E-state index contributed by atoms with van der Waals surface area (Å²) in [4.78, 5) is 20.7. The van der Waals surface area contributed by atoms with Gasteiger partial charge in [0.1, 0.15) is 12.4 Å². The van der Waals surface area contributed by atoms with Crippen LogP contribution in [0.1, 0.15) is 12.0 Å². The zero-order valence-electron chi connectivity index (χ0n) is 14.8. The minimum Gasteiger partial charge on any atom is -0.491 e. The van der Waals surface area contributed by atoms with Gasteiger partial charge in [0, 0.05) is 51.5 Å². The van der Waals surface area contributed by atoms with Crippen LogP contribution in [0.2, 0.25) is 5.02 Å². The van der Waals surface area contributed by atoms with Crippen LogP contribution in [0.3, 0.4) is 0 Å². The molecule has 1 aliphatic heterocycles. The van der Waals surface area contributed by atoms with Crippen molar-refractivity contribution < 1.29 is 9.53 Å². The minimum atomic E-state index is 0.223. The van der Waals surface area contributed by atoms with E-state index in [0.717, 1.165) is 50.5 Å². The fourth-order valence-electron chi connectivity index (χ4n) is 3.02. The number of carbonyl (C=O) groups excluding carboxylic acids is 1. The van der Waals surface area contributed by atoms with E-state index in [9.17, 15) is 4.79 Å². The lowest BCUT2D eigenvalue weighted by Crippen LogP contribution is -2.49. The number of benzene rings is 1. The van der Waals surface area contributed by atoms with Crippen molar-refractivity contribution >= 4 is 17.5 Å². The lowest BCUT2D eigenvalue weighted by Gasteiger charge is -2.34. The van der Waals surface area contributed by atoms with E-state index in [0.29, 0.717) is 18.1 Å². The van der Waals surface area contributed by atoms with Gasteiger partial charge in [0.2, 0.25) is 5.91 Å². The molecule has 2 aromatic rings. The van der Waals surface area contributed by atoms with Gasteiger partial charge >= 0.3 is 0 Å². The van der Waals surface area contributed by atoms with Gasteiger partial charge in [0.05, 0.1) is 5.02 Å². The fraction of sp³-hybridized carbons (Fsp3) is 0.400. The summed E-state index contributed by atoms with van der Waals surface area (Å²) in [6.45, 7) is 4.74. The van der Waals surface area contributed by atoms with Crippen LogP contribution in [-0.4, -0.2) is 60.0 Å². The molecule has 26 heavy (non-hydrogen) atoms. The molecule has 1 amide bonds. The Morgan fingerprint density at radius 1 is 1.12 bits per heavy atom. The highest BCUT2D eigenvalue weighted by atomic mass is 35.5. The number of piperazine rings is 1. The van der Waals surface area contributed by atoms with Gasteiger partial charge in [-0.1, -0.05) is 29.8 Å². The largest absolute Gasteiger partial charge is 0.491 e. The molecule has 1 saturated heterocycles. The van der Waals surface area contributed by atoms with Crippen LogP contribution in [0.25, 0.3) is 0 Å². The SMILES string of the molecule is O=C(CCc1cccnc1)N1CCN(CCOc2ccccc2Cl)CC1. The van der Waals surface area contributed by atoms with Crippen molar-refractivity contribution in [2.75, 3.05) is 39.3 Å². The standard InChI is InChI=1S/C20H24ClN3O2/c21-18-5-1-2-6-19(18)26-15-14-23-10-12-24(13-11-23)20(25)8-7-17-4-3-9-22-16-17/h1-6,9,16H,7-8,10-15H2. The second-order valence-corrected chi connectivity index (χ2v) is 6.77. The van der Waals surface area contributed by atoms with Gasteiger partial charge in [-0.15, -0.1) is 0 Å². The first kappa shape index (κ1) is 18.7. The molecular formula is C20H24ClN3O2. The number of hydrogen-bond acceptors (Lipinski definition) is 4. The summed E-state index contributed by atoms with van der Waals surface area (Å²) in [6.07, 6.45) is 4.87. The molecule has 1 aliphatic rings. The number of amides is 1. The highest BCUT2D eigenvalue weighted by Crippen LogP contribution is 2.22. The molecule has 0 unspecified atom stereocenters. The summed E-state index contributed by atoms with van der Waals surface area (Å²) in [6, 6.07) is 11.4. The highest BCUT2D eigenvalue weighted by Gasteiger charge is 2.20. The maximum Gasteiger partial charge on any atom is 0.222 e. The van der Waals surface area contributed by atoms with Crippen molar-refractivity contribution in [3.8, 4) is 5.75 Å². The maximum atomic E-state index is 12.4. The van der Waals surface area contributed by atoms with Gasteiger partial charge in [0.15, 0.2) is 0 Å². The molecule has 1 aromatic carbocycles. The van der Waals surface area contributed by atoms with Crippen LogP contribution in [0.15, 0.2) is 48.8 Å². The summed E-state index contributed by atoms with van der Waals surface area (Å²) in [5.74, 6) is 0.944. The van der Waals surface area contributed by atoms with Crippen LogP contribution in [0, 0.1) is 0 Å². The van der Waals surface area contributed by atoms with Crippen molar-refractivity contribution in [3.63, 3.8) is 0 Å². The zero-order valence-corrected chi connectivity index (χ0v) is 15.6. The van der Waals surface area contributed by atoms with Gasteiger partial charge in [0.25, 0.3) is 0 Å².